The van der Waals surface area contributed by atoms with E-state index in [4.69, 9.17) is 0 Å². The van der Waals surface area contributed by atoms with Gasteiger partial charge in [-0.3, -0.25) is 4.68 Å². The molecule has 0 radical (unpaired) electrons. The van der Waals surface area contributed by atoms with E-state index in [9.17, 15) is 8.42 Å². The molecule has 17 heavy (non-hydrogen) atoms. The van der Waals surface area contributed by atoms with Gasteiger partial charge in [0.15, 0.2) is 0 Å². The van der Waals surface area contributed by atoms with E-state index in [0.717, 1.165) is 5.69 Å². The normalized spacial score (nSPS) is 12.9. The van der Waals surface area contributed by atoms with Gasteiger partial charge in [0.1, 0.15) is 9.84 Å². The first-order chi connectivity index (χ1) is 7.66. The molecule has 7 heteroatoms. The first-order valence-electron chi connectivity index (χ1n) is 5.47. The lowest BCUT2D eigenvalue weighted by Crippen LogP contribution is -2.35. The van der Waals surface area contributed by atoms with Gasteiger partial charge >= 0.3 is 0 Å². The van der Waals surface area contributed by atoms with Gasteiger partial charge in [0.25, 0.3) is 0 Å². The topological polar surface area (TPSA) is 76.9 Å². The fraction of sp³-hybridized carbons (Fsp3) is 0.800. The molecule has 0 bridgehead atoms. The molecule has 0 aliphatic heterocycles. The second kappa shape index (κ2) is 5.14. The van der Waals surface area contributed by atoms with Crippen molar-refractivity contribution in [2.45, 2.75) is 39.4 Å². The average molecular weight is 260 g/mol. The van der Waals surface area contributed by atoms with E-state index in [-0.39, 0.29) is 11.3 Å². The highest BCUT2D eigenvalue weighted by Gasteiger charge is 2.10. The summed E-state index contributed by atoms with van der Waals surface area (Å²) in [5.41, 5.74) is 0.838. The summed E-state index contributed by atoms with van der Waals surface area (Å²) in [4.78, 5) is 0. The summed E-state index contributed by atoms with van der Waals surface area (Å²) in [5, 5.41) is 11.1. The number of aromatic nitrogens is 3. The van der Waals surface area contributed by atoms with Gasteiger partial charge in [0.2, 0.25) is 0 Å². The molecule has 0 amide bonds. The number of aryl methyl sites for hydroxylation is 1. The van der Waals surface area contributed by atoms with Gasteiger partial charge in [0, 0.05) is 24.5 Å². The molecule has 0 aromatic carbocycles. The third kappa shape index (κ3) is 6.38. The largest absolute Gasteiger partial charge is 0.306 e. The Bertz CT molecular complexity index is 459. The standard InChI is InChI=1S/C10H20N4O2S/c1-10(2,3)11-7-9-8-14(13-12-9)5-6-17(4,15)16/h8,11H,5-7H2,1-4H3. The molecule has 0 spiro atoms. The highest BCUT2D eigenvalue weighted by Crippen LogP contribution is 2.01. The summed E-state index contributed by atoms with van der Waals surface area (Å²) in [6, 6.07) is 0. The van der Waals surface area contributed by atoms with Crippen LogP contribution in [-0.4, -0.2) is 41.0 Å². The summed E-state index contributed by atoms with van der Waals surface area (Å²) in [5.74, 6) is 0.0858. The van der Waals surface area contributed by atoms with Crippen LogP contribution in [0.25, 0.3) is 0 Å². The quantitative estimate of drug-likeness (QED) is 0.819. The molecule has 0 saturated carbocycles. The van der Waals surface area contributed by atoms with E-state index < -0.39 is 9.84 Å². The van der Waals surface area contributed by atoms with Crippen LogP contribution in [0.3, 0.4) is 0 Å². The minimum Gasteiger partial charge on any atom is -0.306 e. The van der Waals surface area contributed by atoms with Gasteiger partial charge < -0.3 is 5.32 Å². The average Bonchev–Trinajstić information content (AvgIpc) is 2.57. The van der Waals surface area contributed by atoms with Crippen LogP contribution in [0, 0.1) is 0 Å². The van der Waals surface area contributed by atoms with Crippen LogP contribution in [0.4, 0.5) is 0 Å². The van der Waals surface area contributed by atoms with Crippen molar-refractivity contribution in [1.82, 2.24) is 20.3 Å². The van der Waals surface area contributed by atoms with Crippen molar-refractivity contribution in [1.29, 1.82) is 0 Å². The Hall–Kier alpha value is -0.950. The van der Waals surface area contributed by atoms with Crippen molar-refractivity contribution < 1.29 is 8.42 Å². The number of nitrogens with one attached hydrogen (secondary N) is 1. The lowest BCUT2D eigenvalue weighted by Gasteiger charge is -2.19. The molecule has 0 aliphatic rings. The van der Waals surface area contributed by atoms with E-state index >= 15 is 0 Å². The maximum absolute atomic E-state index is 11.0. The first kappa shape index (κ1) is 14.1. The number of rotatable bonds is 5. The fourth-order valence-electron chi connectivity index (χ4n) is 1.14. The van der Waals surface area contributed by atoms with Crippen LogP contribution < -0.4 is 5.32 Å². The maximum Gasteiger partial charge on any atom is 0.149 e. The molecule has 0 saturated heterocycles. The van der Waals surface area contributed by atoms with Crippen LogP contribution in [0.15, 0.2) is 6.20 Å². The van der Waals surface area contributed by atoms with Crippen LogP contribution in [-0.2, 0) is 22.9 Å². The zero-order valence-electron chi connectivity index (χ0n) is 10.8. The zero-order chi connectivity index (χ0) is 13.1. The van der Waals surface area contributed by atoms with Crippen molar-refractivity contribution >= 4 is 9.84 Å². The Kier molecular flexibility index (Phi) is 4.26. The molecule has 0 unspecified atom stereocenters. The third-order valence-electron chi connectivity index (χ3n) is 2.08. The van der Waals surface area contributed by atoms with E-state index in [1.807, 2.05) is 0 Å². The Morgan fingerprint density at radius 2 is 2.06 bits per heavy atom. The predicted molar refractivity (Wildman–Crippen MR) is 66.3 cm³/mol. The van der Waals surface area contributed by atoms with Crippen molar-refractivity contribution in [2.75, 3.05) is 12.0 Å². The van der Waals surface area contributed by atoms with Gasteiger partial charge in [0.05, 0.1) is 18.0 Å². The van der Waals surface area contributed by atoms with Gasteiger partial charge in [-0.2, -0.15) is 0 Å². The number of nitrogens with zero attached hydrogens (tertiary/aromatic N) is 3. The number of hydrogen-bond donors (Lipinski definition) is 1. The highest BCUT2D eigenvalue weighted by atomic mass is 32.2. The Labute approximate surface area is 102 Å². The first-order valence-corrected chi connectivity index (χ1v) is 7.53. The summed E-state index contributed by atoms with van der Waals surface area (Å²) in [6.45, 7) is 7.19. The molecule has 6 nitrogen and oxygen atoms in total. The molecule has 1 aromatic heterocycles. The zero-order valence-corrected chi connectivity index (χ0v) is 11.6. The van der Waals surface area contributed by atoms with Crippen molar-refractivity contribution in [3.63, 3.8) is 0 Å². The van der Waals surface area contributed by atoms with Gasteiger partial charge in [-0.25, -0.2) is 8.42 Å². The van der Waals surface area contributed by atoms with Crippen molar-refractivity contribution in [2.24, 2.45) is 0 Å². The monoisotopic (exact) mass is 260 g/mol. The second-order valence-electron chi connectivity index (χ2n) is 5.21. The van der Waals surface area contributed by atoms with E-state index in [1.165, 1.54) is 6.26 Å². The molecule has 0 aliphatic carbocycles. The molecule has 0 atom stereocenters. The minimum absolute atomic E-state index is 0.0243. The summed E-state index contributed by atoms with van der Waals surface area (Å²) in [6.07, 6.45) is 2.98. The predicted octanol–water partition coefficient (Wildman–Crippen LogP) is 0.211. The Morgan fingerprint density at radius 1 is 1.41 bits per heavy atom. The molecule has 1 heterocycles. The van der Waals surface area contributed by atoms with Crippen molar-refractivity contribution in [3.05, 3.63) is 11.9 Å². The van der Waals surface area contributed by atoms with E-state index in [2.05, 4.69) is 36.4 Å². The van der Waals surface area contributed by atoms with Gasteiger partial charge in [-0.05, 0) is 20.8 Å². The minimum atomic E-state index is -2.95. The third-order valence-corrected chi connectivity index (χ3v) is 3.00. The lowest BCUT2D eigenvalue weighted by atomic mass is 10.1. The fourth-order valence-corrected chi connectivity index (χ4v) is 1.66. The molecule has 1 aromatic rings. The molecular formula is C10H20N4O2S. The number of sulfone groups is 1. The smallest absolute Gasteiger partial charge is 0.149 e. The second-order valence-corrected chi connectivity index (χ2v) is 7.47. The number of hydrogen-bond acceptors (Lipinski definition) is 5. The molecule has 1 N–H and O–H groups in total. The molecule has 0 fully saturated rings. The summed E-state index contributed by atoms with van der Waals surface area (Å²) < 4.78 is 23.5. The lowest BCUT2D eigenvalue weighted by molar-refractivity contribution is 0.421. The molecule has 1 rings (SSSR count). The van der Waals surface area contributed by atoms with Crippen LogP contribution in [0.2, 0.25) is 0 Å². The van der Waals surface area contributed by atoms with Crippen LogP contribution in [0.1, 0.15) is 26.5 Å². The van der Waals surface area contributed by atoms with Gasteiger partial charge in [-0.1, -0.05) is 5.21 Å². The molecular weight excluding hydrogens is 240 g/mol. The Morgan fingerprint density at radius 3 is 2.59 bits per heavy atom. The Balaban J connectivity index is 2.48. The highest BCUT2D eigenvalue weighted by molar-refractivity contribution is 7.90. The maximum atomic E-state index is 11.0. The SMILES string of the molecule is CC(C)(C)NCc1cn(CCS(C)(=O)=O)nn1. The van der Waals surface area contributed by atoms with E-state index in [0.29, 0.717) is 13.1 Å². The van der Waals surface area contributed by atoms with Crippen LogP contribution >= 0.6 is 0 Å². The summed E-state index contributed by atoms with van der Waals surface area (Å²) >= 11 is 0. The van der Waals surface area contributed by atoms with E-state index in [1.54, 1.807) is 10.9 Å². The van der Waals surface area contributed by atoms with Gasteiger partial charge in [-0.15, -0.1) is 5.10 Å². The molecule has 98 valence electrons. The summed E-state index contributed by atoms with van der Waals surface area (Å²) in [7, 11) is -2.95. The van der Waals surface area contributed by atoms with Crippen LogP contribution in [0.5, 0.6) is 0 Å². The van der Waals surface area contributed by atoms with Crippen molar-refractivity contribution in [3.8, 4) is 0 Å².